The van der Waals surface area contributed by atoms with Gasteiger partial charge in [0, 0.05) is 33.9 Å². The first-order chi connectivity index (χ1) is 14.7. The monoisotopic (exact) mass is 415 g/mol. The van der Waals surface area contributed by atoms with Gasteiger partial charge in [0.2, 0.25) is 0 Å². The minimum atomic E-state index is -0.274. The Morgan fingerprint density at radius 1 is 1.07 bits per heavy atom. The quantitative estimate of drug-likeness (QED) is 0.380. The van der Waals surface area contributed by atoms with Crippen LogP contribution < -0.4 is 5.32 Å². The van der Waals surface area contributed by atoms with E-state index < -0.39 is 0 Å². The van der Waals surface area contributed by atoms with Gasteiger partial charge in [0.15, 0.2) is 0 Å². The third-order valence-electron chi connectivity index (χ3n) is 4.73. The Kier molecular flexibility index (Phi) is 4.72. The predicted molar refractivity (Wildman–Crippen MR) is 119 cm³/mol. The number of hydrogen-bond acceptors (Lipinski definition) is 5. The minimum absolute atomic E-state index is 0.274. The fraction of sp³-hybridized carbons (Fsp3) is 0.0870. The molecule has 5 rings (SSSR count). The summed E-state index contributed by atoms with van der Waals surface area (Å²) in [7, 11) is 0. The number of nitrogens with zero attached hydrogens (tertiary/aromatic N) is 3. The molecule has 7 heteroatoms. The molecule has 0 fully saturated rings. The molecule has 5 nitrogen and oxygen atoms in total. The molecule has 0 spiro atoms. The average Bonchev–Trinajstić information content (AvgIpc) is 3.36. The van der Waals surface area contributed by atoms with Gasteiger partial charge in [0.25, 0.3) is 0 Å². The van der Waals surface area contributed by atoms with Gasteiger partial charge < -0.3 is 10.3 Å². The molecule has 4 heterocycles. The van der Waals surface area contributed by atoms with Gasteiger partial charge >= 0.3 is 0 Å². The summed E-state index contributed by atoms with van der Waals surface area (Å²) in [5.41, 5.74) is 4.17. The number of benzene rings is 1. The Labute approximate surface area is 176 Å². The van der Waals surface area contributed by atoms with Gasteiger partial charge in [-0.3, -0.25) is 9.97 Å². The van der Waals surface area contributed by atoms with Gasteiger partial charge in [-0.15, -0.1) is 11.3 Å². The topological polar surface area (TPSA) is 66.5 Å². The predicted octanol–water partition coefficient (Wildman–Crippen LogP) is 5.81. The van der Waals surface area contributed by atoms with Crippen molar-refractivity contribution in [2.45, 2.75) is 13.5 Å². The molecule has 0 bridgehead atoms. The molecule has 1 aromatic carbocycles. The molecular weight excluding hydrogens is 397 g/mol. The molecule has 0 saturated carbocycles. The van der Waals surface area contributed by atoms with Gasteiger partial charge in [-0.05, 0) is 49.4 Å². The summed E-state index contributed by atoms with van der Waals surface area (Å²) < 4.78 is 14.6. The number of rotatable bonds is 5. The van der Waals surface area contributed by atoms with Crippen molar-refractivity contribution >= 4 is 27.1 Å². The Morgan fingerprint density at radius 3 is 2.80 bits per heavy atom. The van der Waals surface area contributed by atoms with Crippen molar-refractivity contribution in [3.63, 3.8) is 0 Å². The lowest BCUT2D eigenvalue weighted by Gasteiger charge is -2.03. The molecule has 2 N–H and O–H groups in total. The molecule has 0 atom stereocenters. The van der Waals surface area contributed by atoms with E-state index >= 15 is 0 Å². The minimum Gasteiger partial charge on any atom is -0.378 e. The number of hydrogen-bond donors (Lipinski definition) is 2. The highest BCUT2D eigenvalue weighted by Crippen LogP contribution is 2.37. The van der Waals surface area contributed by atoms with Crippen molar-refractivity contribution in [1.82, 2.24) is 19.9 Å². The highest BCUT2D eigenvalue weighted by Gasteiger charge is 2.17. The van der Waals surface area contributed by atoms with Gasteiger partial charge in [0.1, 0.15) is 17.3 Å². The summed E-state index contributed by atoms with van der Waals surface area (Å²) in [6.07, 6.45) is 3.66. The van der Waals surface area contributed by atoms with Gasteiger partial charge in [0.05, 0.1) is 22.8 Å². The van der Waals surface area contributed by atoms with E-state index in [1.54, 1.807) is 23.6 Å². The van der Waals surface area contributed by atoms with Crippen molar-refractivity contribution in [1.29, 1.82) is 0 Å². The second-order valence-corrected chi connectivity index (χ2v) is 8.04. The van der Waals surface area contributed by atoms with Gasteiger partial charge in [-0.2, -0.15) is 0 Å². The third-order valence-corrected chi connectivity index (χ3v) is 5.86. The van der Waals surface area contributed by atoms with Crippen LogP contribution in [-0.2, 0) is 6.54 Å². The number of nitrogens with one attached hydrogen (secondary N) is 2. The lowest BCUT2D eigenvalue weighted by atomic mass is 10.2. The molecular formula is C23H18FN5S. The first-order valence-corrected chi connectivity index (χ1v) is 10.3. The van der Waals surface area contributed by atoms with E-state index in [-0.39, 0.29) is 5.82 Å². The zero-order chi connectivity index (χ0) is 20.5. The van der Waals surface area contributed by atoms with Crippen LogP contribution in [0.2, 0.25) is 0 Å². The van der Waals surface area contributed by atoms with E-state index in [1.807, 2.05) is 43.5 Å². The maximum absolute atomic E-state index is 13.5. The third kappa shape index (κ3) is 3.67. The van der Waals surface area contributed by atoms with E-state index in [9.17, 15) is 4.39 Å². The first kappa shape index (κ1) is 18.4. The Bertz CT molecular complexity index is 1310. The van der Waals surface area contributed by atoms with Crippen molar-refractivity contribution in [3.8, 4) is 22.0 Å². The highest BCUT2D eigenvalue weighted by atomic mass is 32.1. The van der Waals surface area contributed by atoms with Crippen LogP contribution >= 0.6 is 11.3 Å². The van der Waals surface area contributed by atoms with Crippen molar-refractivity contribution < 1.29 is 4.39 Å². The summed E-state index contributed by atoms with van der Waals surface area (Å²) in [5.74, 6) is 0.479. The number of fused-ring (bicyclic) bond motifs is 1. The van der Waals surface area contributed by atoms with E-state index in [2.05, 4.69) is 26.3 Å². The van der Waals surface area contributed by atoms with E-state index in [0.717, 1.165) is 43.6 Å². The summed E-state index contributed by atoms with van der Waals surface area (Å²) in [4.78, 5) is 18.2. The van der Waals surface area contributed by atoms with E-state index in [4.69, 9.17) is 4.98 Å². The van der Waals surface area contributed by atoms with E-state index in [1.165, 1.54) is 12.1 Å². The number of aryl methyl sites for hydroxylation is 1. The molecule has 148 valence electrons. The fourth-order valence-corrected chi connectivity index (χ4v) is 4.37. The molecule has 0 amide bonds. The van der Waals surface area contributed by atoms with Crippen LogP contribution in [0.1, 0.15) is 11.5 Å². The SMILES string of the molecule is Cc1cccc(-c2nc(CNc3cccc(F)c3)[nH]c2-c2cc3cnccc3s2)n1. The molecule has 0 aliphatic heterocycles. The number of anilines is 1. The smallest absolute Gasteiger partial charge is 0.126 e. The summed E-state index contributed by atoms with van der Waals surface area (Å²) in [6.45, 7) is 2.40. The molecule has 0 aliphatic carbocycles. The number of thiophene rings is 1. The van der Waals surface area contributed by atoms with Crippen LogP contribution in [0, 0.1) is 12.7 Å². The van der Waals surface area contributed by atoms with Crippen LogP contribution in [0.5, 0.6) is 0 Å². The van der Waals surface area contributed by atoms with Gasteiger partial charge in [-0.25, -0.2) is 9.37 Å². The van der Waals surface area contributed by atoms with Crippen LogP contribution in [0.15, 0.2) is 67.0 Å². The number of halogens is 1. The lowest BCUT2D eigenvalue weighted by molar-refractivity contribution is 0.628. The second-order valence-electron chi connectivity index (χ2n) is 6.96. The molecule has 0 aliphatic rings. The zero-order valence-corrected chi connectivity index (χ0v) is 17.0. The van der Waals surface area contributed by atoms with Crippen molar-refractivity contribution in [2.24, 2.45) is 0 Å². The van der Waals surface area contributed by atoms with Crippen LogP contribution in [0.25, 0.3) is 32.0 Å². The van der Waals surface area contributed by atoms with Crippen molar-refractivity contribution in [3.05, 3.63) is 84.3 Å². The molecule has 0 radical (unpaired) electrons. The molecule has 5 aromatic rings. The standard InChI is InChI=1S/C23H18FN5S/c1-14-4-2-7-18(27-14)22-23(20-10-15-12-25-9-8-19(15)30-20)29-21(28-22)13-26-17-6-3-5-16(24)11-17/h2-12,26H,13H2,1H3,(H,28,29). The van der Waals surface area contributed by atoms with Crippen LogP contribution in [0.3, 0.4) is 0 Å². The van der Waals surface area contributed by atoms with E-state index in [0.29, 0.717) is 12.2 Å². The number of aromatic amines is 1. The number of aromatic nitrogens is 4. The molecule has 30 heavy (non-hydrogen) atoms. The molecule has 0 unspecified atom stereocenters. The maximum atomic E-state index is 13.5. The number of imidazole rings is 1. The first-order valence-electron chi connectivity index (χ1n) is 9.52. The zero-order valence-electron chi connectivity index (χ0n) is 16.2. The maximum Gasteiger partial charge on any atom is 0.126 e. The lowest BCUT2D eigenvalue weighted by Crippen LogP contribution is -2.01. The van der Waals surface area contributed by atoms with Gasteiger partial charge in [-0.1, -0.05) is 12.1 Å². The highest BCUT2D eigenvalue weighted by molar-refractivity contribution is 7.22. The molecule has 4 aromatic heterocycles. The summed E-state index contributed by atoms with van der Waals surface area (Å²) in [6, 6.07) is 16.4. The number of pyridine rings is 2. The Balaban J connectivity index is 1.55. The molecule has 0 saturated heterocycles. The summed E-state index contributed by atoms with van der Waals surface area (Å²) in [5, 5.41) is 4.31. The average molecular weight is 415 g/mol. The normalized spacial score (nSPS) is 11.1. The largest absolute Gasteiger partial charge is 0.378 e. The number of H-pyrrole nitrogens is 1. The van der Waals surface area contributed by atoms with Crippen LogP contribution in [0.4, 0.5) is 10.1 Å². The van der Waals surface area contributed by atoms with Crippen molar-refractivity contribution in [2.75, 3.05) is 5.32 Å². The Morgan fingerprint density at radius 2 is 1.97 bits per heavy atom. The Hall–Kier alpha value is -3.58. The summed E-state index contributed by atoms with van der Waals surface area (Å²) >= 11 is 1.68. The van der Waals surface area contributed by atoms with Crippen LogP contribution in [-0.4, -0.2) is 19.9 Å². The second kappa shape index (κ2) is 7.68. The fourth-order valence-electron chi connectivity index (χ4n) is 3.34.